The van der Waals surface area contributed by atoms with E-state index in [4.69, 9.17) is 4.74 Å². The van der Waals surface area contributed by atoms with Gasteiger partial charge < -0.3 is 9.64 Å². The Morgan fingerprint density at radius 1 is 0.933 bits per heavy atom. The highest BCUT2D eigenvalue weighted by Gasteiger charge is 2.47. The van der Waals surface area contributed by atoms with Crippen LogP contribution in [0.15, 0.2) is 23.6 Å². The molecule has 0 aromatic heterocycles. The first-order valence-corrected chi connectivity index (χ1v) is 21.5. The van der Waals surface area contributed by atoms with E-state index >= 15 is 0 Å². The van der Waals surface area contributed by atoms with Gasteiger partial charge in [0.2, 0.25) is 5.04 Å². The van der Waals surface area contributed by atoms with Crippen LogP contribution in [0.1, 0.15) is 104 Å². The van der Waals surface area contributed by atoms with Crippen LogP contribution in [0, 0.1) is 23.7 Å². The summed E-state index contributed by atoms with van der Waals surface area (Å²) in [6.45, 7) is 7.75. The van der Waals surface area contributed by atoms with Gasteiger partial charge in [-0.15, -0.1) is 0 Å². The fourth-order valence-electron chi connectivity index (χ4n) is 8.53. The van der Waals surface area contributed by atoms with Gasteiger partial charge in [0, 0.05) is 31.5 Å². The van der Waals surface area contributed by atoms with Gasteiger partial charge in [-0.25, -0.2) is 4.58 Å². The second-order valence-electron chi connectivity index (χ2n) is 14.4. The first kappa shape index (κ1) is 35.2. The number of hydrogen-bond donors (Lipinski definition) is 2. The molecule has 12 heteroatoms. The number of unbranched alkanes of at least 4 members (excludes halogenated alkanes) is 1. The normalized spacial score (nSPS) is 34.2. The lowest BCUT2D eigenvalue weighted by molar-refractivity contribution is -0.564. The van der Waals surface area contributed by atoms with Gasteiger partial charge in [0.05, 0.1) is 22.8 Å². The molecule has 256 valence electrons. The maximum atomic E-state index is 11.8. The summed E-state index contributed by atoms with van der Waals surface area (Å²) in [5, 5.41) is 1.69. The van der Waals surface area contributed by atoms with Crippen molar-refractivity contribution in [2.24, 2.45) is 23.7 Å². The van der Waals surface area contributed by atoms with Crippen LogP contribution in [0.2, 0.25) is 0 Å². The highest BCUT2D eigenvalue weighted by atomic mass is 32.2. The molecule has 0 bridgehead atoms. The Morgan fingerprint density at radius 3 is 2.33 bits per heavy atom. The van der Waals surface area contributed by atoms with E-state index in [-0.39, 0.29) is 30.2 Å². The van der Waals surface area contributed by atoms with Crippen molar-refractivity contribution in [3.8, 4) is 0 Å². The molecule has 9 nitrogen and oxygen atoms in total. The van der Waals surface area contributed by atoms with E-state index in [9.17, 15) is 25.9 Å². The van der Waals surface area contributed by atoms with Crippen LogP contribution in [0.5, 0.6) is 0 Å². The lowest BCUT2D eigenvalue weighted by Gasteiger charge is -2.39. The van der Waals surface area contributed by atoms with Gasteiger partial charge in [0.25, 0.3) is 20.2 Å². The lowest BCUT2D eigenvalue weighted by Crippen LogP contribution is -2.43. The number of hydrogen-bond acceptors (Lipinski definition) is 7. The Labute approximate surface area is 275 Å². The molecule has 45 heavy (non-hydrogen) atoms. The highest BCUT2D eigenvalue weighted by Crippen LogP contribution is 2.45. The molecule has 5 rings (SSSR count). The first-order chi connectivity index (χ1) is 21.3. The zero-order valence-electron chi connectivity index (χ0n) is 27.3. The average molecular weight is 688 g/mol. The molecule has 3 aliphatic carbocycles. The SMILES string of the molecule is CCC(=CC1=[N+](CCCCS(=O)(=O)O)C2CC(C)C(C)CC2S1)C=C1OC2CCC(C3CCCCC3)CC2N1CCS(=O)(=O)O. The van der Waals surface area contributed by atoms with Crippen molar-refractivity contribution in [2.45, 2.75) is 128 Å². The van der Waals surface area contributed by atoms with Gasteiger partial charge >= 0.3 is 0 Å². The van der Waals surface area contributed by atoms with E-state index in [1.165, 1.54) is 37.1 Å². The first-order valence-electron chi connectivity index (χ1n) is 17.4. The molecule has 0 aromatic rings. The summed E-state index contributed by atoms with van der Waals surface area (Å²) >= 11 is 1.93. The second kappa shape index (κ2) is 15.0. The van der Waals surface area contributed by atoms with E-state index in [1.807, 2.05) is 11.8 Å². The van der Waals surface area contributed by atoms with Crippen molar-refractivity contribution < 1.29 is 35.3 Å². The molecule has 0 amide bonds. The monoisotopic (exact) mass is 687 g/mol. The van der Waals surface area contributed by atoms with Gasteiger partial charge in [0.1, 0.15) is 12.6 Å². The van der Waals surface area contributed by atoms with E-state index in [0.29, 0.717) is 47.8 Å². The molecule has 2 aliphatic heterocycles. The van der Waals surface area contributed by atoms with E-state index in [0.717, 1.165) is 56.6 Å². The van der Waals surface area contributed by atoms with Crippen LogP contribution in [-0.4, -0.2) is 88.5 Å². The van der Waals surface area contributed by atoms with Crippen molar-refractivity contribution in [3.05, 3.63) is 23.6 Å². The van der Waals surface area contributed by atoms with E-state index in [1.54, 1.807) is 0 Å². The maximum Gasteiger partial charge on any atom is 0.266 e. The fourth-order valence-corrected chi connectivity index (χ4v) is 11.2. The Kier molecular flexibility index (Phi) is 11.7. The third-order valence-corrected chi connectivity index (χ3v) is 14.2. The Morgan fingerprint density at radius 2 is 1.64 bits per heavy atom. The number of fused-ring (bicyclic) bond motifs is 2. The van der Waals surface area contributed by atoms with Crippen molar-refractivity contribution in [1.82, 2.24) is 4.90 Å². The molecule has 3 saturated carbocycles. The van der Waals surface area contributed by atoms with E-state index < -0.39 is 20.2 Å². The zero-order valence-corrected chi connectivity index (χ0v) is 29.8. The van der Waals surface area contributed by atoms with Crippen molar-refractivity contribution in [3.63, 3.8) is 0 Å². The van der Waals surface area contributed by atoms with Crippen molar-refractivity contribution in [1.29, 1.82) is 0 Å². The van der Waals surface area contributed by atoms with Crippen LogP contribution < -0.4 is 0 Å². The number of ether oxygens (including phenoxy) is 1. The molecule has 0 aromatic carbocycles. The summed E-state index contributed by atoms with van der Waals surface area (Å²) in [6, 6.07) is 0.521. The number of allylic oxidation sites excluding steroid dienone is 2. The van der Waals surface area contributed by atoms with Gasteiger partial charge in [-0.1, -0.05) is 52.9 Å². The van der Waals surface area contributed by atoms with Gasteiger partial charge in [0.15, 0.2) is 11.9 Å². The van der Waals surface area contributed by atoms with Crippen LogP contribution in [0.25, 0.3) is 0 Å². The number of thioether (sulfide) groups is 1. The third kappa shape index (κ3) is 9.30. The smallest absolute Gasteiger partial charge is 0.266 e. The van der Waals surface area contributed by atoms with Crippen LogP contribution in [-0.2, 0) is 25.0 Å². The van der Waals surface area contributed by atoms with Crippen LogP contribution >= 0.6 is 11.8 Å². The van der Waals surface area contributed by atoms with Gasteiger partial charge in [-0.2, -0.15) is 16.8 Å². The standard InChI is InChI=1S/C33H54N2O7S3/c1-4-25(21-33-35(14-8-9-16-44(36,37)38)29-18-23(2)24(3)19-31(29)43-33)20-32-34(15-17-45(39,40)41)28-22-27(12-13-30(28)42-32)26-10-6-5-7-11-26/h20-21,23-24,26-31H,4-19,22H2,1-3H3,(H-,36,37,38,39,40,41)/p+1. The fraction of sp³-hybridized carbons (Fsp3) is 0.848. The quantitative estimate of drug-likeness (QED) is 0.142. The Bertz CT molecular complexity index is 1350. The van der Waals surface area contributed by atoms with Crippen molar-refractivity contribution >= 4 is 37.0 Å². The molecule has 4 fully saturated rings. The van der Waals surface area contributed by atoms with Crippen LogP contribution in [0.4, 0.5) is 0 Å². The average Bonchev–Trinajstić information content (AvgIpc) is 3.49. The molecule has 0 radical (unpaired) electrons. The summed E-state index contributed by atoms with van der Waals surface area (Å²) in [4.78, 5) is 2.12. The number of rotatable bonds is 12. The molecular formula is C33H55N2O7S3+. The van der Waals surface area contributed by atoms with Gasteiger partial charge in [-0.3, -0.25) is 9.11 Å². The van der Waals surface area contributed by atoms with Crippen molar-refractivity contribution in [2.75, 3.05) is 24.6 Å². The Balaban J connectivity index is 1.40. The third-order valence-electron chi connectivity index (χ3n) is 11.3. The minimum absolute atomic E-state index is 0.0363. The molecular weight excluding hydrogens is 633 g/mol. The summed E-state index contributed by atoms with van der Waals surface area (Å²) in [5.74, 6) is 2.84. The number of nitrogens with zero attached hydrogens (tertiary/aromatic N) is 2. The molecule has 0 spiro atoms. The Hall–Kier alpha value is -1.08. The molecule has 2 N–H and O–H groups in total. The predicted octanol–water partition coefficient (Wildman–Crippen LogP) is 6.13. The van der Waals surface area contributed by atoms with Gasteiger partial charge in [-0.05, 0) is 79.5 Å². The summed E-state index contributed by atoms with van der Waals surface area (Å²) in [6.07, 6.45) is 18.2. The molecule has 2 heterocycles. The molecule has 5 aliphatic rings. The lowest BCUT2D eigenvalue weighted by atomic mass is 9.71. The molecule has 7 unspecified atom stereocenters. The summed E-state index contributed by atoms with van der Waals surface area (Å²) in [5.41, 5.74) is 1.11. The largest absolute Gasteiger partial charge is 0.474 e. The minimum atomic E-state index is -4.12. The summed E-state index contributed by atoms with van der Waals surface area (Å²) in [7, 11) is -8.08. The second-order valence-corrected chi connectivity index (χ2v) is 18.8. The summed E-state index contributed by atoms with van der Waals surface area (Å²) < 4.78 is 74.3. The molecule has 1 saturated heterocycles. The minimum Gasteiger partial charge on any atom is -0.474 e. The topological polar surface area (TPSA) is 124 Å². The van der Waals surface area contributed by atoms with E-state index in [2.05, 4.69) is 42.4 Å². The maximum absolute atomic E-state index is 11.8. The predicted molar refractivity (Wildman–Crippen MR) is 181 cm³/mol. The zero-order chi connectivity index (χ0) is 32.4. The highest BCUT2D eigenvalue weighted by molar-refractivity contribution is 8.14. The van der Waals surface area contributed by atoms with Crippen LogP contribution in [0.3, 0.4) is 0 Å². The molecule has 7 atom stereocenters.